The van der Waals surface area contributed by atoms with Gasteiger partial charge in [0, 0.05) is 12.6 Å². The highest BCUT2D eigenvalue weighted by Crippen LogP contribution is 2.03. The Morgan fingerprint density at radius 2 is 2.00 bits per heavy atom. The molecule has 0 radical (unpaired) electrons. The molecule has 0 heterocycles. The van der Waals surface area contributed by atoms with Gasteiger partial charge in [-0.25, -0.2) is 0 Å². The van der Waals surface area contributed by atoms with Gasteiger partial charge in [0.05, 0.1) is 0 Å². The molecule has 1 aromatic carbocycles. The molecule has 4 nitrogen and oxygen atoms in total. The summed E-state index contributed by atoms with van der Waals surface area (Å²) in [5.74, 6) is -0.474. The molecular weight excluding hydrogens is 240 g/mol. The molecule has 4 heteroatoms. The molecule has 2 N–H and O–H groups in total. The van der Waals surface area contributed by atoms with Crippen LogP contribution in [0.15, 0.2) is 24.3 Å². The number of nitrogens with one attached hydrogen (secondary N) is 2. The second-order valence-corrected chi connectivity index (χ2v) is 4.82. The first-order chi connectivity index (χ1) is 9.01. The van der Waals surface area contributed by atoms with E-state index >= 15 is 0 Å². The lowest BCUT2D eigenvalue weighted by atomic mass is 10.1. The van der Waals surface area contributed by atoms with Crippen molar-refractivity contribution in [1.82, 2.24) is 10.6 Å². The molecule has 0 aromatic heterocycles. The second-order valence-electron chi connectivity index (χ2n) is 4.82. The maximum Gasteiger partial charge on any atom is 0.229 e. The monoisotopic (exact) mass is 262 g/mol. The van der Waals surface area contributed by atoms with E-state index in [-0.39, 0.29) is 24.3 Å². The van der Waals surface area contributed by atoms with E-state index in [4.69, 9.17) is 0 Å². The van der Waals surface area contributed by atoms with Gasteiger partial charge in [-0.2, -0.15) is 0 Å². The lowest BCUT2D eigenvalue weighted by Gasteiger charge is -2.11. The number of benzene rings is 1. The third-order valence-corrected chi connectivity index (χ3v) is 2.91. The molecule has 104 valence electrons. The Morgan fingerprint density at radius 3 is 2.63 bits per heavy atom. The van der Waals surface area contributed by atoms with Crippen molar-refractivity contribution in [3.05, 3.63) is 35.4 Å². The van der Waals surface area contributed by atoms with Gasteiger partial charge in [-0.15, -0.1) is 0 Å². The predicted octanol–water partition coefficient (Wildman–Crippen LogP) is 1.92. The fourth-order valence-corrected chi connectivity index (χ4v) is 1.66. The van der Waals surface area contributed by atoms with Gasteiger partial charge in [-0.1, -0.05) is 36.8 Å². The van der Waals surface area contributed by atoms with Gasteiger partial charge in [-0.3, -0.25) is 9.59 Å². The van der Waals surface area contributed by atoms with Crippen LogP contribution in [0.2, 0.25) is 0 Å². The van der Waals surface area contributed by atoms with Crippen molar-refractivity contribution < 1.29 is 9.59 Å². The van der Waals surface area contributed by atoms with Crippen molar-refractivity contribution >= 4 is 11.8 Å². The molecule has 1 atom stereocenters. The molecule has 0 spiro atoms. The van der Waals surface area contributed by atoms with E-state index < -0.39 is 0 Å². The van der Waals surface area contributed by atoms with Crippen molar-refractivity contribution in [2.24, 2.45) is 0 Å². The molecule has 0 aliphatic heterocycles. The lowest BCUT2D eigenvalue weighted by molar-refractivity contribution is -0.129. The third kappa shape index (κ3) is 6.04. The van der Waals surface area contributed by atoms with Crippen LogP contribution in [0.25, 0.3) is 0 Å². The van der Waals surface area contributed by atoms with Gasteiger partial charge in [0.2, 0.25) is 11.8 Å². The van der Waals surface area contributed by atoms with Crippen LogP contribution in [0.5, 0.6) is 0 Å². The quantitative estimate of drug-likeness (QED) is 0.769. The van der Waals surface area contributed by atoms with Crippen molar-refractivity contribution in [3.8, 4) is 0 Å². The summed E-state index contributed by atoms with van der Waals surface area (Å²) in [7, 11) is 0. The highest BCUT2D eigenvalue weighted by molar-refractivity contribution is 5.96. The summed E-state index contributed by atoms with van der Waals surface area (Å²) in [5, 5.41) is 5.52. The molecule has 1 unspecified atom stereocenters. The maximum atomic E-state index is 11.6. The zero-order chi connectivity index (χ0) is 14.3. The number of rotatable bonds is 6. The summed E-state index contributed by atoms with van der Waals surface area (Å²) >= 11 is 0. The van der Waals surface area contributed by atoms with Crippen LogP contribution in [0, 0.1) is 6.92 Å². The van der Waals surface area contributed by atoms with Crippen LogP contribution in [-0.2, 0) is 16.1 Å². The van der Waals surface area contributed by atoms with Crippen molar-refractivity contribution in [3.63, 3.8) is 0 Å². The molecule has 1 rings (SSSR count). The highest BCUT2D eigenvalue weighted by atomic mass is 16.2. The molecule has 19 heavy (non-hydrogen) atoms. The van der Waals surface area contributed by atoms with Crippen LogP contribution in [0.1, 0.15) is 37.8 Å². The van der Waals surface area contributed by atoms with Crippen molar-refractivity contribution in [2.75, 3.05) is 0 Å². The van der Waals surface area contributed by atoms with E-state index in [0.717, 1.165) is 17.5 Å². The van der Waals surface area contributed by atoms with E-state index in [1.54, 1.807) is 0 Å². The fourth-order valence-electron chi connectivity index (χ4n) is 1.66. The Labute approximate surface area is 114 Å². The van der Waals surface area contributed by atoms with Gasteiger partial charge in [0.15, 0.2) is 0 Å². The number of carbonyl (C=O) groups excluding carboxylic acids is 2. The molecule has 0 bridgehead atoms. The Balaban J connectivity index is 2.34. The topological polar surface area (TPSA) is 58.2 Å². The van der Waals surface area contributed by atoms with E-state index in [1.807, 2.05) is 45.0 Å². The zero-order valence-corrected chi connectivity index (χ0v) is 11.8. The summed E-state index contributed by atoms with van der Waals surface area (Å²) in [6, 6.07) is 8.03. The summed E-state index contributed by atoms with van der Waals surface area (Å²) in [6.07, 6.45) is 0.743. The first-order valence-electron chi connectivity index (χ1n) is 6.63. The number of aryl methyl sites for hydroxylation is 1. The number of hydrogen-bond acceptors (Lipinski definition) is 2. The minimum Gasteiger partial charge on any atom is -0.353 e. The first kappa shape index (κ1) is 15.2. The molecular formula is C15H22N2O2. The Kier molecular flexibility index (Phi) is 6.06. The Hall–Kier alpha value is -1.84. The smallest absolute Gasteiger partial charge is 0.229 e. The largest absolute Gasteiger partial charge is 0.353 e. The summed E-state index contributed by atoms with van der Waals surface area (Å²) in [4.78, 5) is 23.1. The van der Waals surface area contributed by atoms with Crippen molar-refractivity contribution in [1.29, 1.82) is 0 Å². The maximum absolute atomic E-state index is 11.6. The molecule has 1 aromatic rings. The van der Waals surface area contributed by atoms with Crippen LogP contribution in [0.3, 0.4) is 0 Å². The van der Waals surface area contributed by atoms with Gasteiger partial charge >= 0.3 is 0 Å². The van der Waals surface area contributed by atoms with E-state index in [0.29, 0.717) is 6.54 Å². The molecule has 0 aliphatic carbocycles. The first-order valence-corrected chi connectivity index (χ1v) is 6.63. The van der Waals surface area contributed by atoms with Crippen LogP contribution >= 0.6 is 0 Å². The van der Waals surface area contributed by atoms with E-state index in [1.165, 1.54) is 0 Å². The average molecular weight is 262 g/mol. The summed E-state index contributed by atoms with van der Waals surface area (Å²) in [6.45, 7) is 6.37. The fraction of sp³-hybridized carbons (Fsp3) is 0.467. The van der Waals surface area contributed by atoms with Crippen LogP contribution in [0.4, 0.5) is 0 Å². The number of carbonyl (C=O) groups is 2. The minimum atomic E-state index is -0.248. The zero-order valence-electron chi connectivity index (χ0n) is 11.8. The molecule has 0 aliphatic rings. The van der Waals surface area contributed by atoms with Gasteiger partial charge in [-0.05, 0) is 25.8 Å². The normalized spacial score (nSPS) is 11.7. The van der Waals surface area contributed by atoms with Gasteiger partial charge in [0.25, 0.3) is 0 Å². The van der Waals surface area contributed by atoms with Crippen molar-refractivity contribution in [2.45, 2.75) is 46.2 Å². The molecule has 2 amide bonds. The van der Waals surface area contributed by atoms with E-state index in [9.17, 15) is 9.59 Å². The van der Waals surface area contributed by atoms with Crippen LogP contribution < -0.4 is 10.6 Å². The Bertz CT molecular complexity index is 444. The average Bonchev–Trinajstić information content (AvgIpc) is 2.36. The van der Waals surface area contributed by atoms with Crippen LogP contribution in [-0.4, -0.2) is 17.9 Å². The number of amides is 2. The standard InChI is InChI=1S/C15H22N2O2/c1-4-12(3)17-15(19)9-14(18)16-10-13-7-5-6-11(2)8-13/h5-8,12H,4,9-10H2,1-3H3,(H,16,18)(H,17,19). The molecule has 0 saturated heterocycles. The second kappa shape index (κ2) is 7.56. The lowest BCUT2D eigenvalue weighted by Crippen LogP contribution is -2.36. The van der Waals surface area contributed by atoms with Gasteiger partial charge in [0.1, 0.15) is 6.42 Å². The number of hydrogen-bond donors (Lipinski definition) is 2. The van der Waals surface area contributed by atoms with Gasteiger partial charge < -0.3 is 10.6 Å². The SMILES string of the molecule is CCC(C)NC(=O)CC(=O)NCc1cccc(C)c1. The Morgan fingerprint density at radius 1 is 1.26 bits per heavy atom. The molecule has 0 saturated carbocycles. The third-order valence-electron chi connectivity index (χ3n) is 2.91. The summed E-state index contributed by atoms with van der Waals surface area (Å²) < 4.78 is 0. The minimum absolute atomic E-state index is 0.108. The predicted molar refractivity (Wildman–Crippen MR) is 75.5 cm³/mol. The summed E-state index contributed by atoms with van der Waals surface area (Å²) in [5.41, 5.74) is 2.19. The highest BCUT2D eigenvalue weighted by Gasteiger charge is 2.10. The van der Waals surface area contributed by atoms with E-state index in [2.05, 4.69) is 10.6 Å². The molecule has 0 fully saturated rings.